The normalized spacial score (nSPS) is 13.7. The number of aromatic hydroxyl groups is 1. The molecular formula is C28H37N4NaO4. The van der Waals surface area contributed by atoms with Gasteiger partial charge in [-0.05, 0) is 53.5 Å². The number of carboxylic acids is 1. The molecule has 4 rings (SSSR count). The van der Waals surface area contributed by atoms with Crippen molar-refractivity contribution in [2.75, 3.05) is 18.5 Å². The van der Waals surface area contributed by atoms with E-state index >= 15 is 0 Å². The van der Waals surface area contributed by atoms with Crippen molar-refractivity contribution < 1.29 is 50.7 Å². The van der Waals surface area contributed by atoms with Crippen molar-refractivity contribution in [2.24, 2.45) is 7.05 Å². The van der Waals surface area contributed by atoms with E-state index in [1.54, 1.807) is 10.7 Å². The minimum atomic E-state index is -0.917. The van der Waals surface area contributed by atoms with Crippen LogP contribution in [0.1, 0.15) is 69.0 Å². The second-order valence-electron chi connectivity index (χ2n) is 10.6. The summed E-state index contributed by atoms with van der Waals surface area (Å²) in [5, 5.41) is 28.0. The molecule has 3 N–H and O–H groups in total. The van der Waals surface area contributed by atoms with Crippen molar-refractivity contribution in [1.82, 2.24) is 14.8 Å². The van der Waals surface area contributed by atoms with Gasteiger partial charge in [0, 0.05) is 37.7 Å². The van der Waals surface area contributed by atoms with Crippen LogP contribution in [0.3, 0.4) is 0 Å². The minimum Gasteiger partial charge on any atom is -1.00 e. The van der Waals surface area contributed by atoms with E-state index in [0.29, 0.717) is 30.9 Å². The van der Waals surface area contributed by atoms with Crippen molar-refractivity contribution in [2.45, 2.75) is 64.2 Å². The first kappa shape index (κ1) is 29.0. The van der Waals surface area contributed by atoms with Gasteiger partial charge in [0.05, 0.1) is 18.7 Å². The second-order valence-corrected chi connectivity index (χ2v) is 10.6. The smallest absolute Gasteiger partial charge is 1.00 e. The second kappa shape index (κ2) is 12.3. The molecule has 0 amide bonds. The predicted molar refractivity (Wildman–Crippen MR) is 140 cm³/mol. The monoisotopic (exact) mass is 516 g/mol. The van der Waals surface area contributed by atoms with Gasteiger partial charge in [0.2, 0.25) is 5.88 Å². The zero-order valence-electron chi connectivity index (χ0n) is 23.5. The molecule has 8 nitrogen and oxygen atoms in total. The standard InChI is InChI=1S/C28H36N4O4.Na.H/c1-28(2,3)20-8-10-24(33)23(16-20)19(15-26(34)35)14-22-17-25(32(4)31-22)36-13-11-21-9-7-18-6-5-12-29-27(18)30-21;;/h7-10,16-17,19,33H,5-6,11-15H2,1-4H3,(H,29,30)(H,34,35);;/q;+1;-1. The number of phenols is 1. The molecule has 1 atom stereocenters. The van der Waals surface area contributed by atoms with Gasteiger partial charge < -0.3 is 21.7 Å². The number of aryl methyl sites for hydroxylation is 2. The van der Waals surface area contributed by atoms with Crippen molar-refractivity contribution in [1.29, 1.82) is 0 Å². The molecule has 0 aliphatic carbocycles. The minimum absolute atomic E-state index is 0. The summed E-state index contributed by atoms with van der Waals surface area (Å²) in [7, 11) is 1.81. The zero-order chi connectivity index (χ0) is 25.9. The van der Waals surface area contributed by atoms with Crippen LogP contribution >= 0.6 is 0 Å². The third kappa shape index (κ3) is 7.49. The first-order valence-electron chi connectivity index (χ1n) is 12.5. The van der Waals surface area contributed by atoms with Crippen LogP contribution in [0.25, 0.3) is 0 Å². The summed E-state index contributed by atoms with van der Waals surface area (Å²) in [5.74, 6) is 0.362. The van der Waals surface area contributed by atoms with Gasteiger partial charge in [-0.3, -0.25) is 4.79 Å². The molecule has 1 aromatic carbocycles. The number of aromatic nitrogens is 3. The number of carbonyl (C=O) groups is 1. The molecule has 194 valence electrons. The maximum absolute atomic E-state index is 11.7. The Kier molecular flexibility index (Phi) is 9.67. The van der Waals surface area contributed by atoms with Gasteiger partial charge in [-0.2, -0.15) is 5.10 Å². The molecule has 1 unspecified atom stereocenters. The number of aliphatic carboxylic acids is 1. The van der Waals surface area contributed by atoms with Gasteiger partial charge in [-0.15, -0.1) is 0 Å². The van der Waals surface area contributed by atoms with Crippen LogP contribution in [0, 0.1) is 0 Å². The molecule has 3 aromatic rings. The number of pyridine rings is 1. The van der Waals surface area contributed by atoms with Crippen molar-refractivity contribution >= 4 is 11.8 Å². The van der Waals surface area contributed by atoms with Crippen LogP contribution in [0.15, 0.2) is 36.4 Å². The maximum Gasteiger partial charge on any atom is 1.00 e. The number of phenolic OH excluding ortho intramolecular Hbond substituents is 1. The first-order valence-corrected chi connectivity index (χ1v) is 12.5. The number of anilines is 1. The van der Waals surface area contributed by atoms with Crippen molar-refractivity contribution in [3.63, 3.8) is 0 Å². The quantitative estimate of drug-likeness (QED) is 0.372. The van der Waals surface area contributed by atoms with Gasteiger partial charge in [0.15, 0.2) is 0 Å². The molecule has 0 fully saturated rings. The summed E-state index contributed by atoms with van der Waals surface area (Å²) >= 11 is 0. The number of carboxylic acid groups (broad SMARTS) is 1. The van der Waals surface area contributed by atoms with Gasteiger partial charge >= 0.3 is 35.5 Å². The van der Waals surface area contributed by atoms with E-state index in [-0.39, 0.29) is 48.6 Å². The number of nitrogens with zero attached hydrogens (tertiary/aromatic N) is 3. The summed E-state index contributed by atoms with van der Waals surface area (Å²) in [5.41, 5.74) is 4.51. The Morgan fingerprint density at radius 2 is 2.00 bits per heavy atom. The number of rotatable bonds is 9. The average Bonchev–Trinajstić information content (AvgIpc) is 3.16. The van der Waals surface area contributed by atoms with Crippen molar-refractivity contribution in [3.05, 3.63) is 64.5 Å². The predicted octanol–water partition coefficient (Wildman–Crippen LogP) is 1.72. The summed E-state index contributed by atoms with van der Waals surface area (Å²) in [6.45, 7) is 7.69. The third-order valence-corrected chi connectivity index (χ3v) is 6.66. The summed E-state index contributed by atoms with van der Waals surface area (Å²) in [6.07, 6.45) is 3.14. The fourth-order valence-electron chi connectivity index (χ4n) is 4.61. The molecule has 2 aromatic heterocycles. The average molecular weight is 517 g/mol. The molecule has 0 spiro atoms. The zero-order valence-corrected chi connectivity index (χ0v) is 24.5. The van der Waals surface area contributed by atoms with Gasteiger partial charge in [-0.1, -0.05) is 39.0 Å². The largest absolute Gasteiger partial charge is 1.00 e. The fraction of sp³-hybridized carbons (Fsp3) is 0.464. The maximum atomic E-state index is 11.7. The molecule has 37 heavy (non-hydrogen) atoms. The Morgan fingerprint density at radius 3 is 2.73 bits per heavy atom. The molecule has 1 aliphatic heterocycles. The van der Waals surface area contributed by atoms with Gasteiger partial charge in [0.25, 0.3) is 0 Å². The van der Waals surface area contributed by atoms with Crippen LogP contribution in [0.5, 0.6) is 11.6 Å². The Hall–Kier alpha value is -2.55. The molecule has 0 saturated heterocycles. The summed E-state index contributed by atoms with van der Waals surface area (Å²) < 4.78 is 7.66. The molecule has 0 bridgehead atoms. The van der Waals surface area contributed by atoms with Crippen LogP contribution < -0.4 is 39.6 Å². The van der Waals surface area contributed by atoms with E-state index in [9.17, 15) is 15.0 Å². The topological polar surface area (TPSA) is 110 Å². The number of fused-ring (bicyclic) bond motifs is 1. The van der Waals surface area contributed by atoms with Crippen LogP contribution in [0.2, 0.25) is 0 Å². The Labute approximate surface area is 242 Å². The third-order valence-electron chi connectivity index (χ3n) is 6.66. The molecule has 1 aliphatic rings. The summed E-state index contributed by atoms with van der Waals surface area (Å²) in [6, 6.07) is 11.5. The SMILES string of the molecule is Cn1nc(CC(CC(=O)O)c2cc(C(C)(C)C)ccc2O)cc1OCCc1ccc2c(n1)NCCC2.[H-].[Na+]. The number of hydrogen-bond acceptors (Lipinski definition) is 6. The Balaban J connectivity index is 0.00000253. The van der Waals surface area contributed by atoms with E-state index in [1.807, 2.05) is 25.2 Å². The van der Waals surface area contributed by atoms with Crippen molar-refractivity contribution in [3.8, 4) is 11.6 Å². The molecule has 9 heteroatoms. The van der Waals surface area contributed by atoms with Crippen LogP contribution in [-0.2, 0) is 36.5 Å². The number of benzene rings is 1. The number of ether oxygens (including phenoxy) is 1. The Bertz CT molecular complexity index is 1240. The van der Waals surface area contributed by atoms with E-state index in [1.165, 1.54) is 5.56 Å². The van der Waals surface area contributed by atoms with E-state index in [0.717, 1.165) is 42.2 Å². The van der Waals surface area contributed by atoms with E-state index in [2.05, 4.69) is 43.3 Å². The van der Waals surface area contributed by atoms with E-state index < -0.39 is 11.9 Å². The fourth-order valence-corrected chi connectivity index (χ4v) is 4.61. The molecular weight excluding hydrogens is 479 g/mol. The van der Waals surface area contributed by atoms with Crippen LogP contribution in [-0.4, -0.2) is 44.1 Å². The first-order chi connectivity index (χ1) is 17.1. The number of hydrogen-bond donors (Lipinski definition) is 3. The van der Waals surface area contributed by atoms with Crippen LogP contribution in [0.4, 0.5) is 5.82 Å². The van der Waals surface area contributed by atoms with E-state index in [4.69, 9.17) is 9.72 Å². The number of nitrogens with one attached hydrogen (secondary N) is 1. The molecule has 0 radical (unpaired) electrons. The van der Waals surface area contributed by atoms with Gasteiger partial charge in [-0.25, -0.2) is 9.67 Å². The molecule has 0 saturated carbocycles. The summed E-state index contributed by atoms with van der Waals surface area (Å²) in [4.78, 5) is 16.4. The van der Waals surface area contributed by atoms with Gasteiger partial charge in [0.1, 0.15) is 11.6 Å². The molecule has 3 heterocycles. The Morgan fingerprint density at radius 1 is 1.22 bits per heavy atom.